The number of thiazole rings is 1. The highest BCUT2D eigenvalue weighted by Gasteiger charge is 2.19. The Kier molecular flexibility index (Phi) is 6.82. The van der Waals surface area contributed by atoms with Crippen molar-refractivity contribution in [3.05, 3.63) is 40.4 Å². The molecule has 29 heavy (non-hydrogen) atoms. The zero-order valence-electron chi connectivity index (χ0n) is 16.8. The number of rotatable bonds is 8. The summed E-state index contributed by atoms with van der Waals surface area (Å²) in [7, 11) is 0. The minimum absolute atomic E-state index is 0.308. The number of carbonyl (C=O) groups is 1. The van der Waals surface area contributed by atoms with Crippen molar-refractivity contribution in [2.24, 2.45) is 0 Å². The predicted molar refractivity (Wildman–Crippen MR) is 117 cm³/mol. The first kappa shape index (κ1) is 21.2. The van der Waals surface area contributed by atoms with E-state index in [0.29, 0.717) is 52.8 Å². The van der Waals surface area contributed by atoms with Crippen LogP contribution in [0.5, 0.6) is 17.2 Å². The summed E-state index contributed by atoms with van der Waals surface area (Å²) in [6.45, 7) is 8.87. The van der Waals surface area contributed by atoms with E-state index in [4.69, 9.17) is 25.8 Å². The fraction of sp³-hybridized carbons (Fsp3) is 0.333. The smallest absolute Gasteiger partial charge is 0.257 e. The first-order valence-electron chi connectivity index (χ1n) is 9.41. The molecule has 0 aliphatic carbocycles. The van der Waals surface area contributed by atoms with Gasteiger partial charge in [0.1, 0.15) is 0 Å². The zero-order chi connectivity index (χ0) is 21.0. The number of nitrogens with one attached hydrogen (secondary N) is 1. The monoisotopic (exact) mass is 434 g/mol. The number of halogens is 1. The van der Waals surface area contributed by atoms with Gasteiger partial charge in [-0.05, 0) is 57.5 Å². The van der Waals surface area contributed by atoms with Crippen LogP contribution in [0.15, 0.2) is 24.3 Å². The molecule has 8 heteroatoms. The number of amides is 1. The molecule has 1 N–H and O–H groups in total. The zero-order valence-corrected chi connectivity index (χ0v) is 18.4. The highest BCUT2D eigenvalue weighted by atomic mass is 35.5. The van der Waals surface area contributed by atoms with Gasteiger partial charge in [0.05, 0.1) is 30.0 Å². The molecule has 0 radical (unpaired) electrons. The van der Waals surface area contributed by atoms with Crippen molar-refractivity contribution in [2.75, 3.05) is 25.1 Å². The number of nitrogens with zero attached hydrogens (tertiary/aromatic N) is 1. The molecule has 6 nitrogen and oxygen atoms in total. The number of carbonyl (C=O) groups excluding carboxylic acids is 1. The Labute approximate surface area is 178 Å². The van der Waals surface area contributed by atoms with Crippen molar-refractivity contribution in [3.8, 4) is 17.2 Å². The molecule has 0 spiro atoms. The van der Waals surface area contributed by atoms with Crippen molar-refractivity contribution >= 4 is 44.2 Å². The molecule has 0 saturated heterocycles. The summed E-state index contributed by atoms with van der Waals surface area (Å²) >= 11 is 7.57. The summed E-state index contributed by atoms with van der Waals surface area (Å²) < 4.78 is 18.0. The SMILES string of the molecule is CCOc1cc(C(=O)Nc2nc3c(C)c(Cl)ccc3s2)cc(OCC)c1OCC. The Hall–Kier alpha value is -2.51. The number of hydrogen-bond acceptors (Lipinski definition) is 6. The molecule has 1 amide bonds. The Bertz CT molecular complexity index is 1010. The van der Waals surface area contributed by atoms with E-state index in [-0.39, 0.29) is 5.91 Å². The Balaban J connectivity index is 1.94. The highest BCUT2D eigenvalue weighted by Crippen LogP contribution is 2.39. The summed E-state index contributed by atoms with van der Waals surface area (Å²) in [5.41, 5.74) is 2.07. The lowest BCUT2D eigenvalue weighted by Gasteiger charge is -2.16. The highest BCUT2D eigenvalue weighted by molar-refractivity contribution is 7.22. The van der Waals surface area contributed by atoms with E-state index in [0.717, 1.165) is 15.8 Å². The lowest BCUT2D eigenvalue weighted by atomic mass is 10.1. The van der Waals surface area contributed by atoms with E-state index in [2.05, 4.69) is 10.3 Å². The third kappa shape index (κ3) is 4.57. The maximum absolute atomic E-state index is 12.9. The van der Waals surface area contributed by atoms with Gasteiger partial charge in [0, 0.05) is 10.6 Å². The Morgan fingerprint density at radius 2 is 1.69 bits per heavy atom. The molecular formula is C21H23ClN2O4S. The van der Waals surface area contributed by atoms with E-state index >= 15 is 0 Å². The van der Waals surface area contributed by atoms with Crippen LogP contribution in [0, 0.1) is 6.92 Å². The second-order valence-corrected chi connectivity index (χ2v) is 7.53. The lowest BCUT2D eigenvalue weighted by molar-refractivity contribution is 0.102. The molecule has 1 heterocycles. The quantitative estimate of drug-likeness (QED) is 0.492. The molecule has 3 rings (SSSR count). The maximum atomic E-state index is 12.9. The van der Waals surface area contributed by atoms with Crippen molar-refractivity contribution in [1.29, 1.82) is 0 Å². The normalized spacial score (nSPS) is 10.8. The fourth-order valence-electron chi connectivity index (χ4n) is 2.84. The van der Waals surface area contributed by atoms with Crippen LogP contribution in [0.1, 0.15) is 36.7 Å². The molecule has 0 unspecified atom stereocenters. The molecule has 0 aliphatic rings. The van der Waals surface area contributed by atoms with Gasteiger partial charge in [0.2, 0.25) is 5.75 Å². The van der Waals surface area contributed by atoms with Crippen LogP contribution < -0.4 is 19.5 Å². The number of ether oxygens (including phenoxy) is 3. The van der Waals surface area contributed by atoms with Crippen LogP contribution in [0.3, 0.4) is 0 Å². The first-order chi connectivity index (χ1) is 14.0. The number of anilines is 1. The molecule has 0 fully saturated rings. The number of benzene rings is 2. The topological polar surface area (TPSA) is 69.7 Å². The molecule has 0 aliphatic heterocycles. The Morgan fingerprint density at radius 1 is 1.07 bits per heavy atom. The van der Waals surface area contributed by atoms with E-state index in [1.54, 1.807) is 12.1 Å². The van der Waals surface area contributed by atoms with Gasteiger partial charge in [-0.25, -0.2) is 4.98 Å². The predicted octanol–water partition coefficient (Wildman–Crippen LogP) is 5.71. The Morgan fingerprint density at radius 3 is 2.28 bits per heavy atom. The summed E-state index contributed by atoms with van der Waals surface area (Å²) in [4.78, 5) is 17.4. The van der Waals surface area contributed by atoms with Crippen LogP contribution in [-0.2, 0) is 0 Å². The fourth-order valence-corrected chi connectivity index (χ4v) is 3.92. The standard InChI is InChI=1S/C21H23ClN2O4S/c1-5-26-15-10-13(11-16(27-6-2)19(15)28-7-3)20(25)24-21-23-18-12(4)14(22)8-9-17(18)29-21/h8-11H,5-7H2,1-4H3,(H,23,24,25). The number of fused-ring (bicyclic) bond motifs is 1. The molecule has 0 saturated carbocycles. The molecule has 0 bridgehead atoms. The van der Waals surface area contributed by atoms with Crippen LogP contribution in [0.4, 0.5) is 5.13 Å². The average molecular weight is 435 g/mol. The summed E-state index contributed by atoms with van der Waals surface area (Å²) in [5.74, 6) is 1.13. The number of aryl methyl sites for hydroxylation is 1. The van der Waals surface area contributed by atoms with Crippen molar-refractivity contribution in [1.82, 2.24) is 4.98 Å². The van der Waals surface area contributed by atoms with Crippen molar-refractivity contribution in [2.45, 2.75) is 27.7 Å². The molecule has 1 aromatic heterocycles. The minimum atomic E-state index is -0.308. The van der Waals surface area contributed by atoms with Gasteiger partial charge in [-0.1, -0.05) is 22.9 Å². The summed E-state index contributed by atoms with van der Waals surface area (Å²) in [6, 6.07) is 7.04. The second kappa shape index (κ2) is 9.33. The minimum Gasteiger partial charge on any atom is -0.490 e. The van der Waals surface area contributed by atoms with E-state index in [1.807, 2.05) is 39.8 Å². The maximum Gasteiger partial charge on any atom is 0.257 e. The third-order valence-electron chi connectivity index (χ3n) is 4.14. The van der Waals surface area contributed by atoms with Gasteiger partial charge in [0.25, 0.3) is 5.91 Å². The largest absolute Gasteiger partial charge is 0.490 e. The molecule has 3 aromatic rings. The van der Waals surface area contributed by atoms with Gasteiger partial charge < -0.3 is 14.2 Å². The average Bonchev–Trinajstić information content (AvgIpc) is 3.10. The van der Waals surface area contributed by atoms with Gasteiger partial charge in [-0.3, -0.25) is 10.1 Å². The number of hydrogen-bond donors (Lipinski definition) is 1. The molecule has 0 atom stereocenters. The van der Waals surface area contributed by atoms with Crippen LogP contribution in [-0.4, -0.2) is 30.7 Å². The van der Waals surface area contributed by atoms with Gasteiger partial charge in [-0.2, -0.15) is 0 Å². The van der Waals surface area contributed by atoms with E-state index in [9.17, 15) is 4.79 Å². The van der Waals surface area contributed by atoms with E-state index in [1.165, 1.54) is 11.3 Å². The summed E-state index contributed by atoms with van der Waals surface area (Å²) in [6.07, 6.45) is 0. The van der Waals surface area contributed by atoms with Crippen LogP contribution in [0.2, 0.25) is 5.02 Å². The molecule has 154 valence electrons. The first-order valence-corrected chi connectivity index (χ1v) is 10.6. The third-order valence-corrected chi connectivity index (χ3v) is 5.49. The molecule has 2 aromatic carbocycles. The van der Waals surface area contributed by atoms with E-state index < -0.39 is 0 Å². The summed E-state index contributed by atoms with van der Waals surface area (Å²) in [5, 5.41) is 4.01. The van der Waals surface area contributed by atoms with Gasteiger partial charge in [0.15, 0.2) is 16.6 Å². The van der Waals surface area contributed by atoms with Crippen LogP contribution in [0.25, 0.3) is 10.2 Å². The molecular weight excluding hydrogens is 412 g/mol. The second-order valence-electron chi connectivity index (χ2n) is 6.09. The van der Waals surface area contributed by atoms with Gasteiger partial charge in [-0.15, -0.1) is 0 Å². The van der Waals surface area contributed by atoms with Crippen molar-refractivity contribution < 1.29 is 19.0 Å². The number of aromatic nitrogens is 1. The van der Waals surface area contributed by atoms with Crippen molar-refractivity contribution in [3.63, 3.8) is 0 Å². The van der Waals surface area contributed by atoms with Crippen LogP contribution >= 0.6 is 22.9 Å². The lowest BCUT2D eigenvalue weighted by Crippen LogP contribution is -2.13. The van der Waals surface area contributed by atoms with Gasteiger partial charge >= 0.3 is 0 Å².